The zero-order valence-electron chi connectivity index (χ0n) is 42.6. The highest BCUT2D eigenvalue weighted by atomic mass is 16.7. The van der Waals surface area contributed by atoms with Crippen LogP contribution >= 0.6 is 0 Å². The van der Waals surface area contributed by atoms with Gasteiger partial charge in [0.1, 0.15) is 48.8 Å². The molecule has 1 amide bonds. The lowest BCUT2D eigenvalue weighted by atomic mass is 9.97. The fraction of sp³-hybridized carbons (Fsp3) is 0.907. The number of amides is 1. The van der Waals surface area contributed by atoms with Gasteiger partial charge in [-0.25, -0.2) is 0 Å². The molecular formula is C54H101NO13. The van der Waals surface area contributed by atoms with Crippen molar-refractivity contribution in [3.63, 3.8) is 0 Å². The van der Waals surface area contributed by atoms with Gasteiger partial charge in [0.25, 0.3) is 0 Å². The van der Waals surface area contributed by atoms with Gasteiger partial charge in [-0.3, -0.25) is 4.79 Å². The zero-order chi connectivity index (χ0) is 49.6. The molecule has 400 valence electrons. The predicted octanol–water partition coefficient (Wildman–Crippen LogP) is 8.11. The Kier molecular flexibility index (Phi) is 37.7. The summed E-state index contributed by atoms with van der Waals surface area (Å²) in [6.07, 6.45) is 29.3. The Morgan fingerprint density at radius 2 is 0.941 bits per heavy atom. The second kappa shape index (κ2) is 41.0. The van der Waals surface area contributed by atoms with Gasteiger partial charge in [0.05, 0.1) is 32.0 Å². The SMILES string of the molecule is CCCCCCCCCCCCCC/C=C/CC/C=C/C(O)C(COC1OC(CO)C(OC2OC(CO)C(O)C(O)C2O)C(O)C1O)NC(=O)CCCCCCCCCCCCCCCCCC. The summed E-state index contributed by atoms with van der Waals surface area (Å²) < 4.78 is 22.7. The highest BCUT2D eigenvalue weighted by Gasteiger charge is 2.51. The lowest BCUT2D eigenvalue weighted by molar-refractivity contribution is -0.359. The van der Waals surface area contributed by atoms with Gasteiger partial charge in [-0.1, -0.05) is 205 Å². The zero-order valence-corrected chi connectivity index (χ0v) is 42.6. The van der Waals surface area contributed by atoms with E-state index in [0.29, 0.717) is 12.8 Å². The van der Waals surface area contributed by atoms with Crippen molar-refractivity contribution in [2.45, 2.75) is 293 Å². The van der Waals surface area contributed by atoms with Gasteiger partial charge >= 0.3 is 0 Å². The topological polar surface area (TPSA) is 228 Å². The fourth-order valence-corrected chi connectivity index (χ4v) is 9.13. The van der Waals surface area contributed by atoms with E-state index in [2.05, 4.69) is 31.3 Å². The molecule has 0 radical (unpaired) electrons. The minimum Gasteiger partial charge on any atom is -0.394 e. The normalized spacial score (nSPS) is 26.5. The fourth-order valence-electron chi connectivity index (χ4n) is 9.13. The van der Waals surface area contributed by atoms with E-state index >= 15 is 0 Å². The summed E-state index contributed by atoms with van der Waals surface area (Å²) in [6.45, 7) is 2.79. The lowest BCUT2D eigenvalue weighted by Crippen LogP contribution is -2.65. The lowest BCUT2D eigenvalue weighted by Gasteiger charge is -2.46. The number of rotatable bonds is 43. The third kappa shape index (κ3) is 27.3. The Morgan fingerprint density at radius 3 is 1.44 bits per heavy atom. The molecule has 14 heteroatoms. The molecule has 0 saturated carbocycles. The van der Waals surface area contributed by atoms with Crippen molar-refractivity contribution < 1.29 is 64.6 Å². The molecule has 0 spiro atoms. The number of nitrogens with one attached hydrogen (secondary N) is 1. The standard InChI is InChI=1S/C54H101NO13/c1-3-5-7-9-11-13-15-17-19-21-22-23-25-27-29-31-33-35-37-43(58)42(55-46(59)38-36-34-32-30-28-26-24-20-18-16-14-12-10-8-6-4-2)41-65-53-51(64)49(62)52(45(40-57)67-53)68-54-50(63)48(61)47(60)44(39-56)66-54/h27,29,35,37,42-45,47-54,56-58,60-64H,3-26,28,30-34,36,38-41H2,1-2H3,(H,55,59)/b29-27+,37-35+. The molecule has 2 fully saturated rings. The van der Waals surface area contributed by atoms with Crippen LogP contribution < -0.4 is 5.32 Å². The van der Waals surface area contributed by atoms with Crippen molar-refractivity contribution in [3.05, 3.63) is 24.3 Å². The van der Waals surface area contributed by atoms with Crippen molar-refractivity contribution in [1.29, 1.82) is 0 Å². The Hall–Kier alpha value is -1.53. The summed E-state index contributed by atoms with van der Waals surface area (Å²) in [4.78, 5) is 13.2. The summed E-state index contributed by atoms with van der Waals surface area (Å²) in [7, 11) is 0. The molecule has 12 unspecified atom stereocenters. The molecule has 2 heterocycles. The van der Waals surface area contributed by atoms with Crippen LogP contribution in [0.5, 0.6) is 0 Å². The number of ether oxygens (including phenoxy) is 4. The molecule has 0 bridgehead atoms. The van der Waals surface area contributed by atoms with Crippen LogP contribution in [0.3, 0.4) is 0 Å². The van der Waals surface area contributed by atoms with Gasteiger partial charge in [-0.05, 0) is 32.1 Å². The average molecular weight is 972 g/mol. The maximum absolute atomic E-state index is 13.2. The van der Waals surface area contributed by atoms with Crippen molar-refractivity contribution >= 4 is 5.91 Å². The van der Waals surface area contributed by atoms with Gasteiger partial charge in [0.2, 0.25) is 5.91 Å². The van der Waals surface area contributed by atoms with Crippen molar-refractivity contribution in [3.8, 4) is 0 Å². The van der Waals surface area contributed by atoms with E-state index in [0.717, 1.165) is 32.1 Å². The summed E-state index contributed by atoms with van der Waals surface area (Å²) in [5.41, 5.74) is 0. The third-order valence-corrected chi connectivity index (χ3v) is 13.6. The molecule has 68 heavy (non-hydrogen) atoms. The highest BCUT2D eigenvalue weighted by Crippen LogP contribution is 2.30. The predicted molar refractivity (Wildman–Crippen MR) is 268 cm³/mol. The monoisotopic (exact) mass is 972 g/mol. The first-order valence-electron chi connectivity index (χ1n) is 27.6. The van der Waals surface area contributed by atoms with E-state index < -0.39 is 86.8 Å². The number of carbonyl (C=O) groups excluding carboxylic acids is 1. The highest BCUT2D eigenvalue weighted by molar-refractivity contribution is 5.76. The molecule has 2 rings (SSSR count). The molecule has 2 aliphatic heterocycles. The average Bonchev–Trinajstić information content (AvgIpc) is 3.34. The summed E-state index contributed by atoms with van der Waals surface area (Å²) in [6, 6.07) is -0.926. The Balaban J connectivity index is 1.83. The van der Waals surface area contributed by atoms with Crippen LogP contribution in [0.2, 0.25) is 0 Å². The van der Waals surface area contributed by atoms with Gasteiger partial charge < -0.3 is 65.1 Å². The van der Waals surface area contributed by atoms with Gasteiger partial charge in [-0.2, -0.15) is 0 Å². The van der Waals surface area contributed by atoms with Crippen LogP contribution in [-0.4, -0.2) is 140 Å². The van der Waals surface area contributed by atoms with Crippen LogP contribution in [0.4, 0.5) is 0 Å². The third-order valence-electron chi connectivity index (χ3n) is 13.6. The summed E-state index contributed by atoms with van der Waals surface area (Å²) in [5, 5.41) is 86.9. The Bertz CT molecular complexity index is 1240. The number of aliphatic hydroxyl groups is 8. The number of carbonyl (C=O) groups is 1. The first-order chi connectivity index (χ1) is 33.1. The summed E-state index contributed by atoms with van der Waals surface area (Å²) >= 11 is 0. The van der Waals surface area contributed by atoms with Gasteiger partial charge in [-0.15, -0.1) is 0 Å². The molecule has 2 saturated heterocycles. The molecule has 12 atom stereocenters. The van der Waals surface area contributed by atoms with Crippen LogP contribution in [0, 0.1) is 0 Å². The number of hydrogen-bond acceptors (Lipinski definition) is 13. The summed E-state index contributed by atoms with van der Waals surface area (Å²) in [5.74, 6) is -0.247. The number of aliphatic hydroxyl groups excluding tert-OH is 8. The van der Waals surface area contributed by atoms with E-state index in [-0.39, 0.29) is 18.9 Å². The van der Waals surface area contributed by atoms with Crippen LogP contribution in [0.15, 0.2) is 24.3 Å². The Labute approximate surface area is 411 Å². The minimum atomic E-state index is -1.79. The van der Waals surface area contributed by atoms with Crippen molar-refractivity contribution in [1.82, 2.24) is 5.32 Å². The molecule has 0 aromatic rings. The molecule has 0 aromatic heterocycles. The van der Waals surface area contributed by atoms with E-state index in [1.807, 2.05) is 6.08 Å². The number of hydrogen-bond donors (Lipinski definition) is 9. The van der Waals surface area contributed by atoms with E-state index in [9.17, 15) is 45.6 Å². The molecule has 0 aliphatic carbocycles. The van der Waals surface area contributed by atoms with Crippen LogP contribution in [0.25, 0.3) is 0 Å². The quantitative estimate of drug-likeness (QED) is 0.0208. The molecular weight excluding hydrogens is 871 g/mol. The number of unbranched alkanes of at least 4 members (excludes halogenated alkanes) is 28. The largest absolute Gasteiger partial charge is 0.394 e. The maximum Gasteiger partial charge on any atom is 0.220 e. The molecule has 9 N–H and O–H groups in total. The van der Waals surface area contributed by atoms with Crippen LogP contribution in [0.1, 0.15) is 219 Å². The van der Waals surface area contributed by atoms with Crippen molar-refractivity contribution in [2.24, 2.45) is 0 Å². The van der Waals surface area contributed by atoms with E-state index in [1.54, 1.807) is 6.08 Å². The van der Waals surface area contributed by atoms with Gasteiger partial charge in [0, 0.05) is 6.42 Å². The van der Waals surface area contributed by atoms with Crippen molar-refractivity contribution in [2.75, 3.05) is 19.8 Å². The van der Waals surface area contributed by atoms with Crippen LogP contribution in [-0.2, 0) is 23.7 Å². The van der Waals surface area contributed by atoms with E-state index in [4.69, 9.17) is 18.9 Å². The first kappa shape index (κ1) is 62.6. The smallest absolute Gasteiger partial charge is 0.220 e. The van der Waals surface area contributed by atoms with Gasteiger partial charge in [0.15, 0.2) is 12.6 Å². The molecule has 0 aromatic carbocycles. The number of allylic oxidation sites excluding steroid dienone is 3. The minimum absolute atomic E-state index is 0.247. The second-order valence-corrected chi connectivity index (χ2v) is 19.7. The van der Waals surface area contributed by atoms with E-state index in [1.165, 1.54) is 154 Å². The first-order valence-corrected chi connectivity index (χ1v) is 27.6. The maximum atomic E-state index is 13.2. The second-order valence-electron chi connectivity index (χ2n) is 19.7. The molecule has 2 aliphatic rings. The Morgan fingerprint density at radius 1 is 0.515 bits per heavy atom. The molecule has 14 nitrogen and oxygen atoms in total.